The number of carboxylic acids is 1. The van der Waals surface area contributed by atoms with Crippen LogP contribution < -0.4 is 10.6 Å². The minimum Gasteiger partial charge on any atom is -0.480 e. The maximum Gasteiger partial charge on any atom is 0.326 e. The van der Waals surface area contributed by atoms with Gasteiger partial charge in [-0.15, -0.1) is 0 Å². The number of aryl methyl sites for hydroxylation is 3. The number of carbonyl (C=O) groups is 2. The standard InChI is InChI=1S/C23H30ClN5O4/c1-29-20(18(24)13-26-29)22(30)28-19(23(31)32)8-10-33-17-11-14(12-17)4-6-16-7-5-15-3-2-9-25-21(15)27-16/h5,7,13-14,17,19H,2-4,6,8-12H2,1H3,(H,25,27)(H,28,30)(H,31,32)/t14-,17+,19-/m0/s1. The predicted molar refractivity (Wildman–Crippen MR) is 124 cm³/mol. The quantitative estimate of drug-likeness (QED) is 0.483. The molecule has 2 aromatic rings. The Balaban J connectivity index is 1.15. The SMILES string of the molecule is Cn1ncc(Cl)c1C(=O)N[C@@H](CCO[C@H]1C[C@@H](CCc2ccc3c(n2)NCCC3)C1)C(=O)O. The number of aromatic nitrogens is 3. The molecule has 3 N–H and O–H groups in total. The first-order valence-electron chi connectivity index (χ1n) is 11.5. The number of nitrogens with zero attached hydrogens (tertiary/aromatic N) is 3. The maximum atomic E-state index is 12.4. The van der Waals surface area contributed by atoms with Gasteiger partial charge in [-0.2, -0.15) is 5.10 Å². The Bertz CT molecular complexity index is 985. The Morgan fingerprint density at radius 1 is 1.39 bits per heavy atom. The normalized spacial score (nSPS) is 20.3. The van der Waals surface area contributed by atoms with Crippen LogP contribution >= 0.6 is 11.6 Å². The number of halogens is 1. The van der Waals surface area contributed by atoms with Crippen LogP contribution in [0.4, 0.5) is 5.82 Å². The Hall–Kier alpha value is -2.65. The van der Waals surface area contributed by atoms with Crippen molar-refractivity contribution in [1.82, 2.24) is 20.1 Å². The van der Waals surface area contributed by atoms with Crippen molar-refractivity contribution in [2.75, 3.05) is 18.5 Å². The van der Waals surface area contributed by atoms with E-state index in [1.807, 2.05) is 0 Å². The van der Waals surface area contributed by atoms with Gasteiger partial charge in [-0.05, 0) is 56.1 Å². The Morgan fingerprint density at radius 2 is 2.21 bits per heavy atom. The highest BCUT2D eigenvalue weighted by Crippen LogP contribution is 2.34. The summed E-state index contributed by atoms with van der Waals surface area (Å²) in [6.07, 6.45) is 7.91. The molecule has 10 heteroatoms. The van der Waals surface area contributed by atoms with Crippen molar-refractivity contribution in [3.05, 3.63) is 40.3 Å². The van der Waals surface area contributed by atoms with Gasteiger partial charge in [0.25, 0.3) is 5.91 Å². The molecule has 1 aliphatic carbocycles. The molecule has 2 aliphatic rings. The minimum absolute atomic E-state index is 0.134. The van der Waals surface area contributed by atoms with Gasteiger partial charge in [0.2, 0.25) is 0 Å². The average Bonchev–Trinajstić information content (AvgIpc) is 3.11. The number of ether oxygens (including phenoxy) is 1. The van der Waals surface area contributed by atoms with Crippen LogP contribution in [0, 0.1) is 5.92 Å². The van der Waals surface area contributed by atoms with Crippen molar-refractivity contribution in [2.45, 2.75) is 57.1 Å². The lowest BCUT2D eigenvalue weighted by Crippen LogP contribution is -2.43. The Kier molecular flexibility index (Phi) is 7.49. The molecule has 9 nitrogen and oxygen atoms in total. The lowest BCUT2D eigenvalue weighted by Gasteiger charge is -2.35. The van der Waals surface area contributed by atoms with E-state index in [4.69, 9.17) is 21.3 Å². The first-order chi connectivity index (χ1) is 15.9. The molecule has 0 radical (unpaired) electrons. The van der Waals surface area contributed by atoms with Gasteiger partial charge in [0.05, 0.1) is 17.3 Å². The van der Waals surface area contributed by atoms with Gasteiger partial charge >= 0.3 is 5.97 Å². The topological polar surface area (TPSA) is 118 Å². The number of rotatable bonds is 10. The molecule has 4 rings (SSSR count). The molecule has 0 spiro atoms. The van der Waals surface area contributed by atoms with Crippen molar-refractivity contribution in [3.8, 4) is 0 Å². The fourth-order valence-corrected chi connectivity index (χ4v) is 4.66. The lowest BCUT2D eigenvalue weighted by atomic mass is 9.79. The smallest absolute Gasteiger partial charge is 0.326 e. The van der Waals surface area contributed by atoms with Gasteiger partial charge in [0.15, 0.2) is 0 Å². The highest BCUT2D eigenvalue weighted by atomic mass is 35.5. The van der Waals surface area contributed by atoms with E-state index in [1.54, 1.807) is 7.05 Å². The monoisotopic (exact) mass is 475 g/mol. The van der Waals surface area contributed by atoms with E-state index < -0.39 is 17.9 Å². The first-order valence-corrected chi connectivity index (χ1v) is 11.8. The van der Waals surface area contributed by atoms with E-state index >= 15 is 0 Å². The molecule has 1 amide bonds. The lowest BCUT2D eigenvalue weighted by molar-refractivity contribution is -0.140. The fourth-order valence-electron chi connectivity index (χ4n) is 4.41. The number of hydrogen-bond acceptors (Lipinski definition) is 6. The molecule has 2 aromatic heterocycles. The number of anilines is 1. The van der Waals surface area contributed by atoms with E-state index in [1.165, 1.54) is 16.4 Å². The van der Waals surface area contributed by atoms with Crippen molar-refractivity contribution in [2.24, 2.45) is 13.0 Å². The highest BCUT2D eigenvalue weighted by molar-refractivity contribution is 6.33. The second-order valence-electron chi connectivity index (χ2n) is 8.83. The molecule has 1 atom stereocenters. The van der Waals surface area contributed by atoms with E-state index in [0.29, 0.717) is 5.92 Å². The zero-order valence-electron chi connectivity index (χ0n) is 18.7. The molecule has 178 valence electrons. The van der Waals surface area contributed by atoms with E-state index in [0.717, 1.165) is 56.6 Å². The zero-order valence-corrected chi connectivity index (χ0v) is 19.5. The average molecular weight is 476 g/mol. The molecular weight excluding hydrogens is 446 g/mol. The minimum atomic E-state index is -1.11. The summed E-state index contributed by atoms with van der Waals surface area (Å²) in [6, 6.07) is 3.27. The summed E-state index contributed by atoms with van der Waals surface area (Å²) in [5.74, 6) is -0.0343. The summed E-state index contributed by atoms with van der Waals surface area (Å²) < 4.78 is 7.17. The number of carboxylic acid groups (broad SMARTS) is 1. The van der Waals surface area contributed by atoms with Crippen molar-refractivity contribution < 1.29 is 19.4 Å². The van der Waals surface area contributed by atoms with Crippen LogP contribution in [0.15, 0.2) is 18.3 Å². The van der Waals surface area contributed by atoms with Gasteiger partial charge in [0.1, 0.15) is 17.6 Å². The molecule has 0 bridgehead atoms. The molecule has 0 aromatic carbocycles. The van der Waals surface area contributed by atoms with E-state index in [2.05, 4.69) is 27.9 Å². The van der Waals surface area contributed by atoms with Gasteiger partial charge in [0, 0.05) is 32.3 Å². The number of nitrogens with one attached hydrogen (secondary N) is 2. The summed E-state index contributed by atoms with van der Waals surface area (Å²) in [4.78, 5) is 28.7. The van der Waals surface area contributed by atoms with Gasteiger partial charge < -0.3 is 20.5 Å². The van der Waals surface area contributed by atoms with Gasteiger partial charge in [-0.25, -0.2) is 9.78 Å². The Morgan fingerprint density at radius 3 is 2.94 bits per heavy atom. The van der Waals surface area contributed by atoms with Crippen LogP contribution in [-0.4, -0.2) is 57.0 Å². The third-order valence-corrected chi connectivity index (χ3v) is 6.70. The number of aliphatic carboxylic acids is 1. The number of carbonyl (C=O) groups excluding carboxylic acids is 1. The third-order valence-electron chi connectivity index (χ3n) is 6.43. The molecule has 1 saturated carbocycles. The second kappa shape index (κ2) is 10.5. The molecule has 0 saturated heterocycles. The van der Waals surface area contributed by atoms with Crippen LogP contribution in [0.3, 0.4) is 0 Å². The van der Waals surface area contributed by atoms with Crippen LogP contribution in [-0.2, 0) is 29.4 Å². The van der Waals surface area contributed by atoms with Crippen molar-refractivity contribution in [3.63, 3.8) is 0 Å². The van der Waals surface area contributed by atoms with E-state index in [-0.39, 0.29) is 29.8 Å². The molecule has 33 heavy (non-hydrogen) atoms. The van der Waals surface area contributed by atoms with E-state index in [9.17, 15) is 14.7 Å². The predicted octanol–water partition coefficient (Wildman–Crippen LogP) is 2.83. The third kappa shape index (κ3) is 5.83. The van der Waals surface area contributed by atoms with Crippen LogP contribution in [0.1, 0.15) is 53.8 Å². The summed E-state index contributed by atoms with van der Waals surface area (Å²) >= 11 is 5.96. The first kappa shape index (κ1) is 23.5. The molecular formula is C23H30ClN5O4. The van der Waals surface area contributed by atoms with Crippen LogP contribution in [0.25, 0.3) is 0 Å². The molecule has 0 unspecified atom stereocenters. The summed E-state index contributed by atoms with van der Waals surface area (Å²) in [6.45, 7) is 1.26. The molecule has 1 aliphatic heterocycles. The van der Waals surface area contributed by atoms with Gasteiger partial charge in [-0.3, -0.25) is 9.48 Å². The summed E-state index contributed by atoms with van der Waals surface area (Å²) in [5, 5.41) is 19.4. The zero-order chi connectivity index (χ0) is 23.4. The second-order valence-corrected chi connectivity index (χ2v) is 9.23. The summed E-state index contributed by atoms with van der Waals surface area (Å²) in [7, 11) is 1.57. The number of amides is 1. The number of hydrogen-bond donors (Lipinski definition) is 3. The number of pyridine rings is 1. The fraction of sp³-hybridized carbons (Fsp3) is 0.565. The van der Waals surface area contributed by atoms with Gasteiger partial charge in [-0.1, -0.05) is 17.7 Å². The summed E-state index contributed by atoms with van der Waals surface area (Å²) in [5.41, 5.74) is 2.57. The van der Waals surface area contributed by atoms with Crippen molar-refractivity contribution >= 4 is 29.3 Å². The molecule has 3 heterocycles. The van der Waals surface area contributed by atoms with Crippen molar-refractivity contribution in [1.29, 1.82) is 0 Å². The van der Waals surface area contributed by atoms with Crippen LogP contribution in [0.5, 0.6) is 0 Å². The van der Waals surface area contributed by atoms with Crippen LogP contribution in [0.2, 0.25) is 5.02 Å². The highest BCUT2D eigenvalue weighted by Gasteiger charge is 2.30. The largest absolute Gasteiger partial charge is 0.480 e. The maximum absolute atomic E-state index is 12.4. The Labute approximate surface area is 197 Å². The molecule has 1 fully saturated rings. The number of fused-ring (bicyclic) bond motifs is 1.